The molecule has 1 aliphatic heterocycles. The van der Waals surface area contributed by atoms with Crippen molar-refractivity contribution in [2.75, 3.05) is 38.5 Å². The maximum Gasteiger partial charge on any atom is 0.270 e. The van der Waals surface area contributed by atoms with Crippen LogP contribution in [0.3, 0.4) is 0 Å². The number of nitrogen functional groups attached to an aromatic ring is 1. The van der Waals surface area contributed by atoms with Crippen LogP contribution in [0.2, 0.25) is 0 Å². The molecule has 2 aromatic heterocycles. The zero-order chi connectivity index (χ0) is 26.5. The van der Waals surface area contributed by atoms with Crippen molar-refractivity contribution < 1.29 is 18.1 Å². The molecule has 38 heavy (non-hydrogen) atoms. The van der Waals surface area contributed by atoms with E-state index < -0.39 is 5.82 Å². The molecule has 10 nitrogen and oxygen atoms in total. The molecule has 12 heteroatoms. The lowest BCUT2D eigenvalue weighted by Crippen LogP contribution is -2.34. The molecule has 196 valence electrons. The molecule has 1 saturated heterocycles. The Morgan fingerprint density at radius 1 is 1.08 bits per heavy atom. The summed E-state index contributed by atoms with van der Waals surface area (Å²) in [5, 5.41) is 8.13. The van der Waals surface area contributed by atoms with Crippen LogP contribution in [-0.4, -0.2) is 68.4 Å². The molecule has 0 bridgehead atoms. The maximum absolute atomic E-state index is 15.2. The van der Waals surface area contributed by atoms with Gasteiger partial charge in [0.25, 0.3) is 11.8 Å². The second kappa shape index (κ2) is 11.7. The number of nitrogens with zero attached hydrogens (tertiary/aromatic N) is 6. The van der Waals surface area contributed by atoms with Gasteiger partial charge in [0.2, 0.25) is 5.89 Å². The quantitative estimate of drug-likeness (QED) is 0.346. The molecule has 3 heterocycles. The third-order valence-electron chi connectivity index (χ3n) is 6.07. The Morgan fingerprint density at radius 2 is 1.89 bits per heavy atom. The molecule has 5 rings (SSSR count). The number of anilines is 1. The van der Waals surface area contributed by atoms with Gasteiger partial charge in [-0.3, -0.25) is 9.46 Å². The van der Waals surface area contributed by atoms with E-state index in [0.29, 0.717) is 43.4 Å². The van der Waals surface area contributed by atoms with Gasteiger partial charge in [-0.25, -0.2) is 14.4 Å². The topological polar surface area (TPSA) is 124 Å². The predicted octanol–water partition coefficient (Wildman–Crippen LogP) is 4.27. The van der Waals surface area contributed by atoms with E-state index in [2.05, 4.69) is 24.8 Å². The average Bonchev–Trinajstić information content (AvgIpc) is 3.31. The Balaban J connectivity index is 1.34. The van der Waals surface area contributed by atoms with Gasteiger partial charge < -0.3 is 19.6 Å². The summed E-state index contributed by atoms with van der Waals surface area (Å²) in [5.74, 6) is -0.447. The first-order chi connectivity index (χ1) is 18.5. The minimum Gasteiger partial charge on any atom is -0.414 e. The number of halogens is 1. The summed E-state index contributed by atoms with van der Waals surface area (Å²) in [7, 11) is 0.272. The van der Waals surface area contributed by atoms with Crippen LogP contribution < -0.4 is 5.73 Å². The van der Waals surface area contributed by atoms with E-state index in [9.17, 15) is 4.79 Å². The molecule has 1 atom stereocenters. The molecule has 2 aromatic carbocycles. The molecule has 1 aliphatic rings. The van der Waals surface area contributed by atoms with Gasteiger partial charge in [-0.15, -0.1) is 10.2 Å². The lowest BCUT2D eigenvalue weighted by atomic mass is 10.1. The van der Waals surface area contributed by atoms with E-state index in [-0.39, 0.29) is 37.8 Å². The summed E-state index contributed by atoms with van der Waals surface area (Å²) in [4.78, 5) is 23.5. The van der Waals surface area contributed by atoms with Crippen LogP contribution in [0.5, 0.6) is 0 Å². The normalized spacial score (nSPS) is 14.7. The Bertz CT molecular complexity index is 1420. The summed E-state index contributed by atoms with van der Waals surface area (Å²) >= 11 is 0. The monoisotopic (exact) mass is 535 g/mol. The molecule has 0 radical (unpaired) electrons. The number of rotatable bonds is 7. The van der Waals surface area contributed by atoms with Gasteiger partial charge in [0.05, 0.1) is 26.4 Å². The molecular formula is C26H27FN7O3P. The number of benzene rings is 2. The van der Waals surface area contributed by atoms with E-state index in [1.54, 1.807) is 11.0 Å². The van der Waals surface area contributed by atoms with Crippen LogP contribution in [0.4, 0.5) is 10.2 Å². The molecule has 1 unspecified atom stereocenters. The molecule has 1 fully saturated rings. The van der Waals surface area contributed by atoms with E-state index in [0.717, 1.165) is 18.5 Å². The van der Waals surface area contributed by atoms with Crippen LogP contribution in [-0.2, 0) is 4.52 Å². The number of carbonyl (C=O) groups is 1. The summed E-state index contributed by atoms with van der Waals surface area (Å²) in [6.45, 7) is 5.22. The third-order valence-corrected chi connectivity index (χ3v) is 7.19. The lowest BCUT2D eigenvalue weighted by molar-refractivity contribution is 0.0759. The molecule has 0 saturated carbocycles. The first-order valence-electron chi connectivity index (χ1n) is 12.3. The summed E-state index contributed by atoms with van der Waals surface area (Å²) in [5.41, 5.74) is 7.80. The van der Waals surface area contributed by atoms with Gasteiger partial charge in [-0.05, 0) is 37.6 Å². The highest BCUT2D eigenvalue weighted by Gasteiger charge is 2.24. The fourth-order valence-corrected chi connectivity index (χ4v) is 4.85. The lowest BCUT2D eigenvalue weighted by Gasteiger charge is -2.22. The van der Waals surface area contributed by atoms with Crippen LogP contribution in [0.1, 0.15) is 23.7 Å². The van der Waals surface area contributed by atoms with E-state index >= 15 is 4.39 Å². The second-order valence-corrected chi connectivity index (χ2v) is 9.72. The van der Waals surface area contributed by atoms with Crippen molar-refractivity contribution in [2.24, 2.45) is 0 Å². The molecular weight excluding hydrogens is 508 g/mol. The van der Waals surface area contributed by atoms with Gasteiger partial charge in [0.1, 0.15) is 5.82 Å². The number of hydrogen-bond acceptors (Lipinski definition) is 9. The van der Waals surface area contributed by atoms with Gasteiger partial charge in [-0.2, -0.15) is 0 Å². The van der Waals surface area contributed by atoms with Crippen molar-refractivity contribution >= 4 is 20.7 Å². The number of amides is 1. The summed E-state index contributed by atoms with van der Waals surface area (Å²) < 4.78 is 28.6. The van der Waals surface area contributed by atoms with Crippen LogP contribution in [0, 0.1) is 5.82 Å². The molecule has 0 aliphatic carbocycles. The van der Waals surface area contributed by atoms with Crippen molar-refractivity contribution in [3.05, 3.63) is 66.1 Å². The smallest absolute Gasteiger partial charge is 0.270 e. The Kier molecular flexibility index (Phi) is 7.97. The first-order valence-corrected chi connectivity index (χ1v) is 13.1. The van der Waals surface area contributed by atoms with Gasteiger partial charge in [0, 0.05) is 43.9 Å². The van der Waals surface area contributed by atoms with Crippen LogP contribution >= 0.6 is 8.96 Å². The molecule has 4 aromatic rings. The van der Waals surface area contributed by atoms with Gasteiger partial charge in [-0.1, -0.05) is 24.3 Å². The van der Waals surface area contributed by atoms with Crippen molar-refractivity contribution in [3.63, 3.8) is 0 Å². The van der Waals surface area contributed by atoms with Gasteiger partial charge >= 0.3 is 0 Å². The fourth-order valence-electron chi connectivity index (χ4n) is 4.10. The number of carbonyl (C=O) groups excluding carboxylic acids is 1. The fraction of sp³-hybridized carbons (Fsp3) is 0.269. The Hall–Kier alpha value is -3.79. The minimum atomic E-state index is -0.630. The number of hydrogen-bond donors (Lipinski definition) is 1. The molecule has 2 N–H and O–H groups in total. The van der Waals surface area contributed by atoms with E-state index in [4.69, 9.17) is 14.7 Å². The highest BCUT2D eigenvalue weighted by molar-refractivity contribution is 7.29. The highest BCUT2D eigenvalue weighted by Crippen LogP contribution is 2.29. The average molecular weight is 536 g/mol. The van der Waals surface area contributed by atoms with Crippen LogP contribution in [0.25, 0.3) is 34.3 Å². The molecule has 0 spiro atoms. The van der Waals surface area contributed by atoms with Crippen molar-refractivity contribution in [3.8, 4) is 34.3 Å². The largest absolute Gasteiger partial charge is 0.414 e. The maximum atomic E-state index is 15.2. The van der Waals surface area contributed by atoms with Gasteiger partial charge in [0.15, 0.2) is 11.5 Å². The number of aromatic nitrogens is 4. The van der Waals surface area contributed by atoms with E-state index in [1.165, 1.54) is 18.3 Å². The minimum absolute atomic E-state index is 0.0162. The zero-order valence-corrected chi connectivity index (χ0v) is 21.8. The second-order valence-electron chi connectivity index (χ2n) is 8.62. The first kappa shape index (κ1) is 25.8. The van der Waals surface area contributed by atoms with E-state index in [1.807, 2.05) is 37.3 Å². The van der Waals surface area contributed by atoms with Crippen molar-refractivity contribution in [1.29, 1.82) is 0 Å². The Morgan fingerprint density at radius 3 is 2.68 bits per heavy atom. The van der Waals surface area contributed by atoms with Crippen LogP contribution in [0.15, 0.2) is 59.1 Å². The number of nitrogens with two attached hydrogens (primary N) is 1. The SMILES string of the molecule is CCOPN1CCCN(C(=O)c2ccc(-c3cnc(N)c(-c4nnc(-c5ccccc5)o4)n3)cc2F)CC1. The summed E-state index contributed by atoms with van der Waals surface area (Å²) in [6.07, 6.45) is 2.24. The standard InChI is InChI=1S/C26H27FN7O3P/c1-2-36-38-34-12-6-11-33(13-14-34)26(35)19-10-9-18(15-20(19)27)21-16-29-23(28)22(30-21)25-32-31-24(37-25)17-7-4-3-5-8-17/h3-5,7-10,15-16,38H,2,6,11-14H2,1H3,(H2,28,29). The highest BCUT2D eigenvalue weighted by atomic mass is 31.1. The van der Waals surface area contributed by atoms with Crippen molar-refractivity contribution in [1.82, 2.24) is 29.7 Å². The van der Waals surface area contributed by atoms with Crippen molar-refractivity contribution in [2.45, 2.75) is 13.3 Å². The predicted molar refractivity (Wildman–Crippen MR) is 143 cm³/mol. The third kappa shape index (κ3) is 5.70. The summed E-state index contributed by atoms with van der Waals surface area (Å²) in [6, 6.07) is 13.7. The zero-order valence-electron chi connectivity index (χ0n) is 20.8. The molecule has 1 amide bonds. The Labute approximate surface area is 221 Å².